The lowest BCUT2D eigenvalue weighted by Crippen LogP contribution is -2.33. The van der Waals surface area contributed by atoms with Gasteiger partial charge in [-0.25, -0.2) is 13.1 Å². The van der Waals surface area contributed by atoms with Gasteiger partial charge in [0.1, 0.15) is 0 Å². The van der Waals surface area contributed by atoms with Gasteiger partial charge in [0, 0.05) is 19.1 Å². The van der Waals surface area contributed by atoms with Crippen molar-refractivity contribution in [2.45, 2.75) is 53.0 Å². The molecule has 0 spiro atoms. The van der Waals surface area contributed by atoms with Crippen molar-refractivity contribution in [3.05, 3.63) is 35.4 Å². The quantitative estimate of drug-likeness (QED) is 0.814. The molecule has 0 bridgehead atoms. The Morgan fingerprint density at radius 2 is 1.76 bits per heavy atom. The van der Waals surface area contributed by atoms with Gasteiger partial charge in [-0.1, -0.05) is 58.9 Å². The molecule has 0 saturated heterocycles. The van der Waals surface area contributed by atoms with Crippen LogP contribution in [0.15, 0.2) is 24.3 Å². The predicted octanol–water partition coefficient (Wildman–Crippen LogP) is 2.65. The molecule has 1 rings (SSSR count). The van der Waals surface area contributed by atoms with Gasteiger partial charge in [0.05, 0.1) is 5.75 Å². The molecule has 0 amide bonds. The minimum absolute atomic E-state index is 0.0264. The highest BCUT2D eigenvalue weighted by Crippen LogP contribution is 2.13. The summed E-state index contributed by atoms with van der Waals surface area (Å²) in [5.74, 6) is 0.0264. The molecule has 0 aliphatic rings. The molecule has 21 heavy (non-hydrogen) atoms. The van der Waals surface area contributed by atoms with E-state index >= 15 is 0 Å². The standard InChI is InChI=1S/C16H28N2O2S/c1-13(2)17-10-14-7-6-8-15(9-14)11-21(19,20)18-12-16(3,4)5/h6-9,13,17-18H,10-12H2,1-5H3. The fourth-order valence-electron chi connectivity index (χ4n) is 1.75. The molecular weight excluding hydrogens is 284 g/mol. The summed E-state index contributed by atoms with van der Waals surface area (Å²) < 4.78 is 26.9. The monoisotopic (exact) mass is 312 g/mol. The van der Waals surface area contributed by atoms with E-state index in [0.717, 1.165) is 17.7 Å². The van der Waals surface area contributed by atoms with Crippen LogP contribution in [0.4, 0.5) is 0 Å². The summed E-state index contributed by atoms with van der Waals surface area (Å²) in [6.45, 7) is 11.4. The van der Waals surface area contributed by atoms with Gasteiger partial charge in [0.2, 0.25) is 10.0 Å². The summed E-state index contributed by atoms with van der Waals surface area (Å²) in [6, 6.07) is 8.13. The molecule has 4 nitrogen and oxygen atoms in total. The van der Waals surface area contributed by atoms with Gasteiger partial charge in [0.15, 0.2) is 0 Å². The van der Waals surface area contributed by atoms with E-state index in [1.807, 2.05) is 45.0 Å². The zero-order valence-corrected chi connectivity index (χ0v) is 14.5. The first-order valence-electron chi connectivity index (χ1n) is 7.36. The first-order chi connectivity index (χ1) is 9.57. The number of nitrogens with one attached hydrogen (secondary N) is 2. The van der Waals surface area contributed by atoms with Crippen molar-refractivity contribution in [2.24, 2.45) is 5.41 Å². The summed E-state index contributed by atoms with van der Waals surface area (Å²) in [5.41, 5.74) is 1.86. The Labute approximate surface area is 129 Å². The van der Waals surface area contributed by atoms with E-state index in [2.05, 4.69) is 23.9 Å². The molecule has 0 heterocycles. The normalized spacial score (nSPS) is 12.9. The maximum Gasteiger partial charge on any atom is 0.215 e. The Hall–Kier alpha value is -0.910. The molecule has 120 valence electrons. The second kappa shape index (κ2) is 7.38. The van der Waals surface area contributed by atoms with Crippen LogP contribution in [0, 0.1) is 5.41 Å². The van der Waals surface area contributed by atoms with Crippen molar-refractivity contribution >= 4 is 10.0 Å². The number of hydrogen-bond acceptors (Lipinski definition) is 3. The van der Waals surface area contributed by atoms with Crippen molar-refractivity contribution in [3.8, 4) is 0 Å². The van der Waals surface area contributed by atoms with Crippen LogP contribution in [0.5, 0.6) is 0 Å². The van der Waals surface area contributed by atoms with E-state index in [1.165, 1.54) is 0 Å². The largest absolute Gasteiger partial charge is 0.310 e. The Morgan fingerprint density at radius 1 is 1.14 bits per heavy atom. The van der Waals surface area contributed by atoms with Crippen molar-refractivity contribution in [3.63, 3.8) is 0 Å². The lowest BCUT2D eigenvalue weighted by Gasteiger charge is -2.18. The molecule has 5 heteroatoms. The van der Waals surface area contributed by atoms with E-state index < -0.39 is 10.0 Å². The van der Waals surface area contributed by atoms with E-state index in [1.54, 1.807) is 0 Å². The average molecular weight is 312 g/mol. The zero-order chi connectivity index (χ0) is 16.1. The zero-order valence-electron chi connectivity index (χ0n) is 13.7. The highest BCUT2D eigenvalue weighted by atomic mass is 32.2. The first-order valence-corrected chi connectivity index (χ1v) is 9.01. The van der Waals surface area contributed by atoms with Gasteiger partial charge >= 0.3 is 0 Å². The molecule has 0 saturated carbocycles. The summed E-state index contributed by atoms with van der Waals surface area (Å²) in [4.78, 5) is 0. The lowest BCUT2D eigenvalue weighted by atomic mass is 9.98. The van der Waals surface area contributed by atoms with Crippen LogP contribution < -0.4 is 10.0 Å². The van der Waals surface area contributed by atoms with Gasteiger partial charge in [-0.15, -0.1) is 0 Å². The van der Waals surface area contributed by atoms with Crippen molar-refractivity contribution in [2.75, 3.05) is 6.54 Å². The van der Waals surface area contributed by atoms with E-state index in [0.29, 0.717) is 12.6 Å². The second-order valence-corrected chi connectivity index (χ2v) is 8.80. The number of benzene rings is 1. The number of rotatable bonds is 7. The van der Waals surface area contributed by atoms with Gasteiger partial charge in [-0.2, -0.15) is 0 Å². The molecule has 0 atom stereocenters. The van der Waals surface area contributed by atoms with Crippen LogP contribution in [-0.2, 0) is 22.3 Å². The maximum absolute atomic E-state index is 12.1. The van der Waals surface area contributed by atoms with Crippen LogP contribution in [0.2, 0.25) is 0 Å². The molecule has 0 aromatic heterocycles. The van der Waals surface area contributed by atoms with Crippen LogP contribution in [0.1, 0.15) is 45.7 Å². The van der Waals surface area contributed by atoms with Gasteiger partial charge in [-0.3, -0.25) is 0 Å². The Kier molecular flexibility index (Phi) is 6.38. The molecular formula is C16H28N2O2S. The topological polar surface area (TPSA) is 58.2 Å². The van der Waals surface area contributed by atoms with Crippen molar-refractivity contribution < 1.29 is 8.42 Å². The highest BCUT2D eigenvalue weighted by Gasteiger charge is 2.17. The van der Waals surface area contributed by atoms with Crippen LogP contribution >= 0.6 is 0 Å². The predicted molar refractivity (Wildman–Crippen MR) is 88.5 cm³/mol. The molecule has 2 N–H and O–H groups in total. The van der Waals surface area contributed by atoms with E-state index in [9.17, 15) is 8.42 Å². The van der Waals surface area contributed by atoms with Gasteiger partial charge in [0.25, 0.3) is 0 Å². The van der Waals surface area contributed by atoms with Crippen LogP contribution in [0.3, 0.4) is 0 Å². The highest BCUT2D eigenvalue weighted by molar-refractivity contribution is 7.88. The van der Waals surface area contributed by atoms with Crippen LogP contribution in [0.25, 0.3) is 0 Å². The Morgan fingerprint density at radius 3 is 2.33 bits per heavy atom. The third kappa shape index (κ3) is 8.19. The SMILES string of the molecule is CC(C)NCc1cccc(CS(=O)(=O)NCC(C)(C)C)c1. The maximum atomic E-state index is 12.1. The van der Waals surface area contributed by atoms with Gasteiger partial charge < -0.3 is 5.32 Å². The first kappa shape index (κ1) is 18.1. The third-order valence-electron chi connectivity index (χ3n) is 2.88. The lowest BCUT2D eigenvalue weighted by molar-refractivity contribution is 0.407. The molecule has 0 radical (unpaired) electrons. The minimum atomic E-state index is -3.29. The molecule has 1 aromatic rings. The van der Waals surface area contributed by atoms with E-state index in [-0.39, 0.29) is 11.2 Å². The summed E-state index contributed by atoms with van der Waals surface area (Å²) >= 11 is 0. The fourth-order valence-corrected chi connectivity index (χ4v) is 3.12. The number of hydrogen-bond donors (Lipinski definition) is 2. The molecule has 0 aliphatic heterocycles. The molecule has 0 fully saturated rings. The van der Waals surface area contributed by atoms with Crippen LogP contribution in [-0.4, -0.2) is 21.0 Å². The van der Waals surface area contributed by atoms with Crippen molar-refractivity contribution in [1.82, 2.24) is 10.0 Å². The Bertz CT molecular complexity index is 546. The Balaban J connectivity index is 2.67. The molecule has 0 aliphatic carbocycles. The average Bonchev–Trinajstić information content (AvgIpc) is 2.33. The smallest absolute Gasteiger partial charge is 0.215 e. The number of sulfonamides is 1. The van der Waals surface area contributed by atoms with Gasteiger partial charge in [-0.05, 0) is 16.5 Å². The summed E-state index contributed by atoms with van der Waals surface area (Å²) in [7, 11) is -3.29. The van der Waals surface area contributed by atoms with Crippen molar-refractivity contribution in [1.29, 1.82) is 0 Å². The summed E-state index contributed by atoms with van der Waals surface area (Å²) in [6.07, 6.45) is 0. The third-order valence-corrected chi connectivity index (χ3v) is 4.18. The van der Waals surface area contributed by atoms with E-state index in [4.69, 9.17) is 0 Å². The molecule has 0 unspecified atom stereocenters. The molecule has 1 aromatic carbocycles. The second-order valence-electron chi connectivity index (χ2n) is 7.00. The summed E-state index contributed by atoms with van der Waals surface area (Å²) in [5, 5.41) is 3.33. The fraction of sp³-hybridized carbons (Fsp3) is 0.625. The minimum Gasteiger partial charge on any atom is -0.310 e.